The van der Waals surface area contributed by atoms with Crippen LogP contribution in [0.25, 0.3) is 0 Å². The minimum atomic E-state index is -0.358. The van der Waals surface area contributed by atoms with Gasteiger partial charge in [-0.15, -0.1) is 0 Å². The van der Waals surface area contributed by atoms with Crippen LogP contribution in [0.4, 0.5) is 0 Å². The van der Waals surface area contributed by atoms with E-state index < -0.39 is 0 Å². The zero-order chi connectivity index (χ0) is 15.9. The molecule has 1 aliphatic rings. The smallest absolute Gasteiger partial charge is 0.103 e. The summed E-state index contributed by atoms with van der Waals surface area (Å²) >= 11 is 0. The van der Waals surface area contributed by atoms with E-state index in [1.807, 2.05) is 6.92 Å². The number of nitrogens with one attached hydrogen (secondary N) is 1. The Morgan fingerprint density at radius 3 is 2.19 bits per heavy atom. The SMILES string of the molecule is CCCNC(C)(C#N)CCCN1CCN(C(C)(C)C)CC1. The second-order valence-corrected chi connectivity index (χ2v) is 7.47. The summed E-state index contributed by atoms with van der Waals surface area (Å²) in [6.45, 7) is 17.7. The molecule has 0 aromatic rings. The highest BCUT2D eigenvalue weighted by Gasteiger charge is 2.26. The van der Waals surface area contributed by atoms with E-state index in [1.54, 1.807) is 0 Å². The zero-order valence-electron chi connectivity index (χ0n) is 14.7. The first-order valence-electron chi connectivity index (χ1n) is 8.44. The molecule has 1 unspecified atom stereocenters. The summed E-state index contributed by atoms with van der Waals surface area (Å²) in [5, 5.41) is 12.7. The molecular weight excluding hydrogens is 260 g/mol. The molecule has 0 saturated carbocycles. The van der Waals surface area contributed by atoms with E-state index in [1.165, 1.54) is 0 Å². The summed E-state index contributed by atoms with van der Waals surface area (Å²) in [6, 6.07) is 2.44. The van der Waals surface area contributed by atoms with Gasteiger partial charge in [-0.2, -0.15) is 5.26 Å². The Labute approximate surface area is 131 Å². The first-order chi connectivity index (χ1) is 9.80. The van der Waals surface area contributed by atoms with Crippen LogP contribution >= 0.6 is 0 Å². The van der Waals surface area contributed by atoms with E-state index >= 15 is 0 Å². The molecule has 0 aromatic carbocycles. The lowest BCUT2D eigenvalue weighted by atomic mass is 9.97. The Hall–Kier alpha value is -0.630. The summed E-state index contributed by atoms with van der Waals surface area (Å²) in [7, 11) is 0. The lowest BCUT2D eigenvalue weighted by Gasteiger charge is -2.42. The van der Waals surface area contributed by atoms with Crippen molar-refractivity contribution >= 4 is 0 Å². The maximum atomic E-state index is 9.34. The molecule has 21 heavy (non-hydrogen) atoms. The van der Waals surface area contributed by atoms with Crippen molar-refractivity contribution in [2.24, 2.45) is 0 Å². The highest BCUT2D eigenvalue weighted by Crippen LogP contribution is 2.17. The van der Waals surface area contributed by atoms with E-state index in [2.05, 4.69) is 48.9 Å². The fourth-order valence-corrected chi connectivity index (χ4v) is 2.88. The molecule has 0 radical (unpaired) electrons. The molecule has 0 bridgehead atoms. The molecule has 122 valence electrons. The van der Waals surface area contributed by atoms with Gasteiger partial charge in [0.25, 0.3) is 0 Å². The van der Waals surface area contributed by atoms with Crippen molar-refractivity contribution in [3.63, 3.8) is 0 Å². The van der Waals surface area contributed by atoms with Gasteiger partial charge in [-0.25, -0.2) is 0 Å². The third kappa shape index (κ3) is 6.34. The van der Waals surface area contributed by atoms with Crippen molar-refractivity contribution in [3.05, 3.63) is 0 Å². The lowest BCUT2D eigenvalue weighted by Crippen LogP contribution is -2.53. The number of piperazine rings is 1. The second kappa shape index (κ2) is 8.12. The first kappa shape index (κ1) is 18.4. The zero-order valence-corrected chi connectivity index (χ0v) is 14.7. The van der Waals surface area contributed by atoms with Crippen molar-refractivity contribution in [2.75, 3.05) is 39.3 Å². The Balaban J connectivity index is 2.27. The topological polar surface area (TPSA) is 42.3 Å². The van der Waals surface area contributed by atoms with Crippen molar-refractivity contribution in [3.8, 4) is 6.07 Å². The molecule has 0 aromatic heterocycles. The van der Waals surface area contributed by atoms with Gasteiger partial charge in [-0.05, 0) is 60.0 Å². The molecule has 0 amide bonds. The van der Waals surface area contributed by atoms with Gasteiger partial charge in [0.1, 0.15) is 5.54 Å². The molecule has 0 aliphatic carbocycles. The highest BCUT2D eigenvalue weighted by molar-refractivity contribution is 5.03. The minimum absolute atomic E-state index is 0.287. The van der Waals surface area contributed by atoms with Gasteiger partial charge in [0.15, 0.2) is 0 Å². The van der Waals surface area contributed by atoms with E-state index in [9.17, 15) is 5.26 Å². The van der Waals surface area contributed by atoms with Crippen molar-refractivity contribution in [1.82, 2.24) is 15.1 Å². The van der Waals surface area contributed by atoms with Crippen molar-refractivity contribution < 1.29 is 0 Å². The Morgan fingerprint density at radius 1 is 1.10 bits per heavy atom. The Morgan fingerprint density at radius 2 is 1.71 bits per heavy atom. The first-order valence-corrected chi connectivity index (χ1v) is 8.44. The second-order valence-electron chi connectivity index (χ2n) is 7.47. The van der Waals surface area contributed by atoms with Crippen LogP contribution in [0, 0.1) is 11.3 Å². The molecule has 0 spiro atoms. The normalized spacial score (nSPS) is 21.0. The summed E-state index contributed by atoms with van der Waals surface area (Å²) in [4.78, 5) is 5.10. The number of hydrogen-bond acceptors (Lipinski definition) is 4. The van der Waals surface area contributed by atoms with E-state index in [0.717, 1.165) is 58.5 Å². The summed E-state index contributed by atoms with van der Waals surface area (Å²) < 4.78 is 0. The molecule has 1 aliphatic heterocycles. The van der Waals surface area contributed by atoms with Gasteiger partial charge in [0.2, 0.25) is 0 Å². The predicted molar refractivity (Wildman–Crippen MR) is 89.3 cm³/mol. The third-order valence-electron chi connectivity index (χ3n) is 4.48. The van der Waals surface area contributed by atoms with Crippen LogP contribution in [0.1, 0.15) is 53.9 Å². The molecule has 1 heterocycles. The summed E-state index contributed by atoms with van der Waals surface area (Å²) in [6.07, 6.45) is 3.10. The van der Waals surface area contributed by atoms with E-state index in [0.29, 0.717) is 0 Å². The molecule has 1 atom stereocenters. The van der Waals surface area contributed by atoms with Crippen LogP contribution < -0.4 is 5.32 Å². The average molecular weight is 294 g/mol. The van der Waals surface area contributed by atoms with Gasteiger partial charge in [-0.1, -0.05) is 6.92 Å². The highest BCUT2D eigenvalue weighted by atomic mass is 15.3. The van der Waals surface area contributed by atoms with Crippen LogP contribution in [0.15, 0.2) is 0 Å². The molecule has 4 heteroatoms. The number of nitrogens with zero attached hydrogens (tertiary/aromatic N) is 3. The third-order valence-corrected chi connectivity index (χ3v) is 4.48. The van der Waals surface area contributed by atoms with Crippen LogP contribution in [0.3, 0.4) is 0 Å². The fraction of sp³-hybridized carbons (Fsp3) is 0.941. The fourth-order valence-electron chi connectivity index (χ4n) is 2.88. The average Bonchev–Trinajstić information content (AvgIpc) is 2.45. The number of hydrogen-bond donors (Lipinski definition) is 1. The van der Waals surface area contributed by atoms with Gasteiger partial charge in [0, 0.05) is 31.7 Å². The number of rotatable bonds is 7. The van der Waals surface area contributed by atoms with E-state index in [-0.39, 0.29) is 11.1 Å². The molecule has 4 nitrogen and oxygen atoms in total. The van der Waals surface area contributed by atoms with Gasteiger partial charge in [-0.3, -0.25) is 10.2 Å². The Kier molecular flexibility index (Phi) is 7.12. The molecule has 1 rings (SSSR count). The predicted octanol–water partition coefficient (Wildman–Crippen LogP) is 2.46. The number of nitriles is 1. The van der Waals surface area contributed by atoms with Crippen molar-refractivity contribution in [2.45, 2.75) is 65.0 Å². The maximum Gasteiger partial charge on any atom is 0.103 e. The van der Waals surface area contributed by atoms with Crippen LogP contribution in [0.5, 0.6) is 0 Å². The van der Waals surface area contributed by atoms with Crippen LogP contribution in [-0.4, -0.2) is 60.1 Å². The molecule has 1 N–H and O–H groups in total. The quantitative estimate of drug-likeness (QED) is 0.783. The molecule has 1 fully saturated rings. The van der Waals surface area contributed by atoms with Crippen LogP contribution in [0.2, 0.25) is 0 Å². The largest absolute Gasteiger partial charge is 0.301 e. The molecule has 1 saturated heterocycles. The summed E-state index contributed by atoms with van der Waals surface area (Å²) in [5.74, 6) is 0. The van der Waals surface area contributed by atoms with E-state index in [4.69, 9.17) is 0 Å². The lowest BCUT2D eigenvalue weighted by molar-refractivity contribution is 0.0611. The molecular formula is C17H34N4. The van der Waals surface area contributed by atoms with Crippen LogP contribution in [-0.2, 0) is 0 Å². The Bertz CT molecular complexity index is 334. The van der Waals surface area contributed by atoms with Crippen molar-refractivity contribution in [1.29, 1.82) is 5.26 Å². The van der Waals surface area contributed by atoms with Gasteiger partial charge < -0.3 is 4.90 Å². The minimum Gasteiger partial charge on any atom is -0.301 e. The maximum absolute atomic E-state index is 9.34. The monoisotopic (exact) mass is 294 g/mol. The standard InChI is InChI=1S/C17H34N4/c1-6-9-19-17(5,15-18)8-7-10-20-11-13-21(14-12-20)16(2,3)4/h19H,6-14H2,1-5H3. The van der Waals surface area contributed by atoms with Gasteiger partial charge in [0.05, 0.1) is 6.07 Å². The summed E-state index contributed by atoms with van der Waals surface area (Å²) in [5.41, 5.74) is -0.0706. The van der Waals surface area contributed by atoms with Gasteiger partial charge >= 0.3 is 0 Å².